The number of aromatic nitrogens is 6. The number of hydrogen-bond donors (Lipinski definition) is 0. The van der Waals surface area contributed by atoms with Crippen molar-refractivity contribution in [2.24, 2.45) is 7.05 Å². The quantitative estimate of drug-likeness (QED) is 0.719. The lowest BCUT2D eigenvalue weighted by Crippen LogP contribution is -2.36. The van der Waals surface area contributed by atoms with Crippen LogP contribution in [0, 0.1) is 0 Å². The van der Waals surface area contributed by atoms with Crippen LogP contribution in [0.1, 0.15) is 28.5 Å². The number of aryl methyl sites for hydroxylation is 2. The summed E-state index contributed by atoms with van der Waals surface area (Å²) in [5, 5.41) is 12.9. The Hall–Kier alpha value is -3.03. The largest absolute Gasteiger partial charge is 0.334 e. The average Bonchev–Trinajstić information content (AvgIpc) is 3.25. The van der Waals surface area contributed by atoms with Gasteiger partial charge in [-0.15, -0.1) is 10.2 Å². The van der Waals surface area contributed by atoms with E-state index in [1.54, 1.807) is 30.9 Å². The van der Waals surface area contributed by atoms with E-state index >= 15 is 0 Å². The van der Waals surface area contributed by atoms with Gasteiger partial charge >= 0.3 is 0 Å². The normalized spacial score (nSPS) is 13.8. The molecule has 0 saturated carbocycles. The number of carbonyl (C=O) groups is 1. The van der Waals surface area contributed by atoms with E-state index in [2.05, 4.69) is 20.3 Å². The van der Waals surface area contributed by atoms with Crippen LogP contribution >= 0.6 is 0 Å². The fraction of sp³-hybridized carbons (Fsp3) is 0.353. The van der Waals surface area contributed by atoms with E-state index in [1.807, 2.05) is 28.1 Å². The van der Waals surface area contributed by atoms with Gasteiger partial charge in [0.2, 0.25) is 0 Å². The molecule has 0 atom stereocenters. The van der Waals surface area contributed by atoms with Crippen LogP contribution in [-0.2, 0) is 26.6 Å². The fourth-order valence-electron chi connectivity index (χ4n) is 3.29. The van der Waals surface area contributed by atoms with Gasteiger partial charge in [0.15, 0.2) is 5.82 Å². The topological polar surface area (TPSA) is 81.7 Å². The first-order valence-electron chi connectivity index (χ1n) is 8.31. The molecule has 0 N–H and O–H groups in total. The summed E-state index contributed by atoms with van der Waals surface area (Å²) in [5.41, 5.74) is 3.61. The Bertz CT molecular complexity index is 912. The molecular weight excluding hydrogens is 318 g/mol. The Morgan fingerprint density at radius 3 is 3.00 bits per heavy atom. The van der Waals surface area contributed by atoms with E-state index in [4.69, 9.17) is 0 Å². The second-order valence-corrected chi connectivity index (χ2v) is 6.06. The van der Waals surface area contributed by atoms with Gasteiger partial charge in [-0.1, -0.05) is 0 Å². The minimum Gasteiger partial charge on any atom is -0.334 e. The van der Waals surface area contributed by atoms with Crippen LogP contribution in [0.3, 0.4) is 0 Å². The summed E-state index contributed by atoms with van der Waals surface area (Å²) >= 11 is 0. The van der Waals surface area contributed by atoms with Crippen molar-refractivity contribution in [2.45, 2.75) is 26.4 Å². The third-order valence-corrected chi connectivity index (χ3v) is 4.61. The van der Waals surface area contributed by atoms with Crippen molar-refractivity contribution in [3.63, 3.8) is 0 Å². The first kappa shape index (κ1) is 15.5. The van der Waals surface area contributed by atoms with Crippen molar-refractivity contribution < 1.29 is 4.79 Å². The highest BCUT2D eigenvalue weighted by Crippen LogP contribution is 2.29. The van der Waals surface area contributed by atoms with Crippen LogP contribution in [0.25, 0.3) is 11.5 Å². The van der Waals surface area contributed by atoms with Gasteiger partial charge in [0.1, 0.15) is 12.0 Å². The number of hydrogen-bond acceptors (Lipinski definition) is 5. The van der Waals surface area contributed by atoms with Crippen LogP contribution in [0.4, 0.5) is 0 Å². The zero-order chi connectivity index (χ0) is 17.4. The Morgan fingerprint density at radius 2 is 2.24 bits per heavy atom. The monoisotopic (exact) mass is 337 g/mol. The molecule has 0 aromatic carbocycles. The van der Waals surface area contributed by atoms with Crippen molar-refractivity contribution in [1.82, 2.24) is 34.4 Å². The van der Waals surface area contributed by atoms with Gasteiger partial charge in [-0.05, 0) is 19.1 Å². The second-order valence-electron chi connectivity index (χ2n) is 6.06. The molecule has 0 aliphatic carbocycles. The fourth-order valence-corrected chi connectivity index (χ4v) is 3.29. The molecular formula is C17H19N7O. The maximum atomic E-state index is 12.8. The van der Waals surface area contributed by atoms with E-state index in [0.29, 0.717) is 18.7 Å². The van der Waals surface area contributed by atoms with E-state index in [-0.39, 0.29) is 5.91 Å². The van der Waals surface area contributed by atoms with Crippen molar-refractivity contribution >= 4 is 5.91 Å². The van der Waals surface area contributed by atoms with E-state index in [9.17, 15) is 4.79 Å². The maximum Gasteiger partial charge on any atom is 0.255 e. The van der Waals surface area contributed by atoms with Crippen molar-refractivity contribution in [1.29, 1.82) is 0 Å². The Morgan fingerprint density at radius 1 is 1.36 bits per heavy atom. The lowest BCUT2D eigenvalue weighted by atomic mass is 10.0. The molecule has 8 nitrogen and oxygen atoms in total. The van der Waals surface area contributed by atoms with Crippen LogP contribution < -0.4 is 0 Å². The molecule has 0 fully saturated rings. The van der Waals surface area contributed by atoms with E-state index in [1.165, 1.54) is 0 Å². The number of pyridine rings is 1. The zero-order valence-electron chi connectivity index (χ0n) is 14.3. The minimum absolute atomic E-state index is 0.00879. The molecule has 0 unspecified atom stereocenters. The molecule has 8 heteroatoms. The zero-order valence-corrected chi connectivity index (χ0v) is 14.3. The van der Waals surface area contributed by atoms with E-state index in [0.717, 1.165) is 35.7 Å². The minimum atomic E-state index is -0.00879. The molecule has 4 heterocycles. The van der Waals surface area contributed by atoms with Gasteiger partial charge in [0.25, 0.3) is 5.91 Å². The predicted octanol–water partition coefficient (Wildman–Crippen LogP) is 1.29. The van der Waals surface area contributed by atoms with Crippen molar-refractivity contribution in [3.05, 3.63) is 47.7 Å². The van der Waals surface area contributed by atoms with Crippen molar-refractivity contribution in [2.75, 3.05) is 6.54 Å². The molecule has 4 rings (SSSR count). The first-order valence-corrected chi connectivity index (χ1v) is 8.31. The summed E-state index contributed by atoms with van der Waals surface area (Å²) < 4.78 is 3.86. The molecule has 0 spiro atoms. The maximum absolute atomic E-state index is 12.8. The third-order valence-electron chi connectivity index (χ3n) is 4.61. The molecule has 1 aliphatic heterocycles. The van der Waals surface area contributed by atoms with Crippen LogP contribution in [0.15, 0.2) is 30.9 Å². The number of amides is 1. The summed E-state index contributed by atoms with van der Waals surface area (Å²) in [5.74, 6) is 0.737. The van der Waals surface area contributed by atoms with Crippen LogP contribution in [0.5, 0.6) is 0 Å². The second kappa shape index (κ2) is 6.12. The SMILES string of the molecule is CCn1cnnc1-c1nn(C)c2c1CN(C(=O)c1cccnc1)CC2. The molecule has 0 radical (unpaired) electrons. The summed E-state index contributed by atoms with van der Waals surface area (Å²) in [6.07, 6.45) is 5.75. The summed E-state index contributed by atoms with van der Waals surface area (Å²) in [4.78, 5) is 18.7. The number of rotatable bonds is 3. The third kappa shape index (κ3) is 2.59. The molecule has 0 bridgehead atoms. The molecule has 1 amide bonds. The Labute approximate surface area is 145 Å². The summed E-state index contributed by atoms with van der Waals surface area (Å²) in [6, 6.07) is 3.57. The standard InChI is InChI=1S/C17H19N7O/c1-3-23-11-19-20-16(23)15-13-10-24(8-6-14(13)22(2)21-15)17(25)12-5-4-7-18-9-12/h4-5,7,9,11H,3,6,8,10H2,1-2H3. The van der Waals surface area contributed by atoms with Gasteiger partial charge < -0.3 is 9.47 Å². The van der Waals surface area contributed by atoms with Gasteiger partial charge in [0.05, 0.1) is 12.1 Å². The summed E-state index contributed by atoms with van der Waals surface area (Å²) in [6.45, 7) is 4.00. The molecule has 0 saturated heterocycles. The van der Waals surface area contributed by atoms with Crippen molar-refractivity contribution in [3.8, 4) is 11.5 Å². The van der Waals surface area contributed by atoms with Gasteiger partial charge in [0, 0.05) is 50.2 Å². The molecule has 25 heavy (non-hydrogen) atoms. The Kier molecular flexibility index (Phi) is 3.79. The highest BCUT2D eigenvalue weighted by molar-refractivity contribution is 5.94. The molecule has 3 aromatic heterocycles. The number of carbonyl (C=O) groups excluding carboxylic acids is 1. The lowest BCUT2D eigenvalue weighted by Gasteiger charge is -2.27. The lowest BCUT2D eigenvalue weighted by molar-refractivity contribution is 0.0733. The number of fused-ring (bicyclic) bond motifs is 1. The summed E-state index contributed by atoms with van der Waals surface area (Å²) in [7, 11) is 1.94. The van der Waals surface area contributed by atoms with Crippen LogP contribution in [0.2, 0.25) is 0 Å². The smallest absolute Gasteiger partial charge is 0.255 e. The molecule has 3 aromatic rings. The predicted molar refractivity (Wildman–Crippen MR) is 90.6 cm³/mol. The average molecular weight is 337 g/mol. The van der Waals surface area contributed by atoms with Gasteiger partial charge in [-0.3, -0.25) is 14.5 Å². The van der Waals surface area contributed by atoms with Gasteiger partial charge in [-0.2, -0.15) is 5.10 Å². The number of nitrogens with zero attached hydrogens (tertiary/aromatic N) is 7. The molecule has 1 aliphatic rings. The van der Waals surface area contributed by atoms with Crippen LogP contribution in [-0.4, -0.2) is 46.9 Å². The van der Waals surface area contributed by atoms with E-state index < -0.39 is 0 Å². The highest BCUT2D eigenvalue weighted by Gasteiger charge is 2.29. The van der Waals surface area contributed by atoms with Gasteiger partial charge in [-0.25, -0.2) is 0 Å². The molecule has 128 valence electrons. The Balaban J connectivity index is 1.70. The first-order chi connectivity index (χ1) is 12.2. The highest BCUT2D eigenvalue weighted by atomic mass is 16.2.